The average Bonchev–Trinajstić information content (AvgIpc) is 3.44. The van der Waals surface area contributed by atoms with E-state index in [1.165, 1.54) is 4.90 Å². The first kappa shape index (κ1) is 24.8. The highest BCUT2D eigenvalue weighted by Crippen LogP contribution is 2.31. The molecule has 2 fully saturated rings. The van der Waals surface area contributed by atoms with Crippen molar-refractivity contribution < 1.29 is 9.59 Å². The molecule has 0 aliphatic carbocycles. The molecule has 0 atom stereocenters. The molecule has 3 aromatic rings. The molecule has 0 spiro atoms. The number of amides is 2. The fourth-order valence-electron chi connectivity index (χ4n) is 4.82. The van der Waals surface area contributed by atoms with E-state index in [0.29, 0.717) is 31.1 Å². The number of benzene rings is 1. The molecule has 1 aromatic carbocycles. The Morgan fingerprint density at radius 1 is 0.972 bits per heavy atom. The van der Waals surface area contributed by atoms with Gasteiger partial charge in [0.05, 0.1) is 11.4 Å². The third kappa shape index (κ3) is 5.73. The maximum atomic E-state index is 13.1. The van der Waals surface area contributed by atoms with Crippen LogP contribution >= 0.6 is 23.1 Å². The van der Waals surface area contributed by atoms with Gasteiger partial charge in [-0.15, -0.1) is 23.1 Å². The lowest BCUT2D eigenvalue weighted by Gasteiger charge is -2.35. The Morgan fingerprint density at radius 3 is 2.39 bits per heavy atom. The van der Waals surface area contributed by atoms with Gasteiger partial charge in [0.25, 0.3) is 5.91 Å². The van der Waals surface area contributed by atoms with E-state index in [0.717, 1.165) is 55.4 Å². The van der Waals surface area contributed by atoms with Crippen LogP contribution in [0.3, 0.4) is 0 Å². The zero-order valence-corrected chi connectivity index (χ0v) is 22.1. The van der Waals surface area contributed by atoms with Crippen LogP contribution < -0.4 is 4.90 Å². The molecular formula is C27H31N5O2S2. The molecule has 0 radical (unpaired) electrons. The van der Waals surface area contributed by atoms with Crippen LogP contribution in [0.4, 0.5) is 5.82 Å². The Bertz CT molecular complexity index is 1170. The minimum Gasteiger partial charge on any atom is -0.353 e. The van der Waals surface area contributed by atoms with E-state index in [9.17, 15) is 9.59 Å². The van der Waals surface area contributed by atoms with Gasteiger partial charge in [-0.25, -0.2) is 9.97 Å². The molecule has 188 valence electrons. The molecule has 2 aromatic heterocycles. The summed E-state index contributed by atoms with van der Waals surface area (Å²) >= 11 is 3.28. The third-order valence-corrected chi connectivity index (χ3v) is 8.74. The lowest BCUT2D eigenvalue weighted by molar-refractivity contribution is -0.131. The molecule has 0 saturated carbocycles. The Hall–Kier alpha value is -2.91. The van der Waals surface area contributed by atoms with Crippen molar-refractivity contribution >= 4 is 40.7 Å². The number of piperidine rings is 1. The molecule has 4 heterocycles. The van der Waals surface area contributed by atoms with Crippen molar-refractivity contribution in [2.75, 3.05) is 50.4 Å². The van der Waals surface area contributed by atoms with Crippen molar-refractivity contribution in [1.82, 2.24) is 19.8 Å². The van der Waals surface area contributed by atoms with E-state index in [-0.39, 0.29) is 11.8 Å². The van der Waals surface area contributed by atoms with Crippen LogP contribution in [0.25, 0.3) is 0 Å². The zero-order valence-electron chi connectivity index (χ0n) is 20.5. The molecule has 0 unspecified atom stereocenters. The summed E-state index contributed by atoms with van der Waals surface area (Å²) in [4.78, 5) is 42.3. The van der Waals surface area contributed by atoms with Crippen LogP contribution in [-0.4, -0.2) is 77.1 Å². The van der Waals surface area contributed by atoms with Crippen molar-refractivity contribution in [2.45, 2.75) is 30.1 Å². The maximum Gasteiger partial charge on any atom is 0.273 e. The standard InChI is InChI=1S/C27H31N5O2S2/c1-35-22-7-5-20(6-8-22)18-25(33)31-12-9-21(10-13-31)26-29-23(19-36-26)27(34)32-16-14-30(15-17-32)24-4-2-3-11-28-24/h2-8,11,19,21H,9-10,12-18H2,1H3. The Morgan fingerprint density at radius 2 is 1.72 bits per heavy atom. The largest absolute Gasteiger partial charge is 0.353 e. The number of anilines is 1. The average molecular weight is 522 g/mol. The summed E-state index contributed by atoms with van der Waals surface area (Å²) in [7, 11) is 0. The molecule has 5 rings (SSSR count). The summed E-state index contributed by atoms with van der Waals surface area (Å²) in [6.45, 7) is 4.36. The maximum absolute atomic E-state index is 13.1. The van der Waals surface area contributed by atoms with Crippen LogP contribution in [0, 0.1) is 0 Å². The fourth-order valence-corrected chi connectivity index (χ4v) is 6.19. The molecule has 2 aliphatic heterocycles. The molecule has 2 saturated heterocycles. The Balaban J connectivity index is 1.11. The number of likely N-dealkylation sites (tertiary alicyclic amines) is 1. The minimum absolute atomic E-state index is 0.0123. The van der Waals surface area contributed by atoms with Gasteiger partial charge in [0.15, 0.2) is 0 Å². The Kier molecular flexibility index (Phi) is 7.87. The molecular weight excluding hydrogens is 490 g/mol. The highest BCUT2D eigenvalue weighted by molar-refractivity contribution is 7.98. The van der Waals surface area contributed by atoms with Gasteiger partial charge in [-0.3, -0.25) is 9.59 Å². The second-order valence-electron chi connectivity index (χ2n) is 9.22. The van der Waals surface area contributed by atoms with Gasteiger partial charge >= 0.3 is 0 Å². The van der Waals surface area contributed by atoms with Crippen molar-refractivity contribution in [3.05, 3.63) is 70.3 Å². The predicted octanol–water partition coefficient (Wildman–Crippen LogP) is 4.17. The topological polar surface area (TPSA) is 69.6 Å². The predicted molar refractivity (Wildman–Crippen MR) is 145 cm³/mol. The summed E-state index contributed by atoms with van der Waals surface area (Å²) in [5.74, 6) is 1.46. The summed E-state index contributed by atoms with van der Waals surface area (Å²) in [6.07, 6.45) is 6.08. The van der Waals surface area contributed by atoms with Crippen LogP contribution in [0.2, 0.25) is 0 Å². The van der Waals surface area contributed by atoms with E-state index in [1.807, 2.05) is 45.5 Å². The number of nitrogens with zero attached hydrogens (tertiary/aromatic N) is 5. The SMILES string of the molecule is CSc1ccc(CC(=O)N2CCC(c3nc(C(=O)N4CCN(c5ccccn5)CC4)cs3)CC2)cc1. The number of thioether (sulfide) groups is 1. The monoisotopic (exact) mass is 521 g/mol. The van der Waals surface area contributed by atoms with Gasteiger partial charge in [0.1, 0.15) is 11.5 Å². The molecule has 9 heteroatoms. The second-order valence-corrected chi connectivity index (χ2v) is 11.0. The number of carbonyl (C=O) groups is 2. The number of pyridine rings is 1. The Labute approximate surface area is 220 Å². The van der Waals surface area contributed by atoms with E-state index in [4.69, 9.17) is 4.98 Å². The fraction of sp³-hybridized carbons (Fsp3) is 0.407. The molecule has 2 amide bonds. The number of thiazole rings is 1. The number of hydrogen-bond acceptors (Lipinski definition) is 7. The van der Waals surface area contributed by atoms with Crippen LogP contribution in [0.1, 0.15) is 39.8 Å². The van der Waals surface area contributed by atoms with Gasteiger partial charge < -0.3 is 14.7 Å². The van der Waals surface area contributed by atoms with E-state index in [1.54, 1.807) is 29.3 Å². The molecule has 2 aliphatic rings. The van der Waals surface area contributed by atoms with Crippen LogP contribution in [-0.2, 0) is 11.2 Å². The normalized spacial score (nSPS) is 16.9. The van der Waals surface area contributed by atoms with Crippen LogP contribution in [0.15, 0.2) is 58.9 Å². The van der Waals surface area contributed by atoms with Crippen molar-refractivity contribution in [3.8, 4) is 0 Å². The van der Waals surface area contributed by atoms with E-state index < -0.39 is 0 Å². The van der Waals surface area contributed by atoms with Gasteiger partial charge in [0.2, 0.25) is 5.91 Å². The van der Waals surface area contributed by atoms with Gasteiger partial charge in [-0.2, -0.15) is 0 Å². The molecule has 36 heavy (non-hydrogen) atoms. The molecule has 7 nitrogen and oxygen atoms in total. The first-order chi connectivity index (χ1) is 17.6. The minimum atomic E-state index is 0.0123. The summed E-state index contributed by atoms with van der Waals surface area (Å²) < 4.78 is 0. The number of carbonyl (C=O) groups excluding carboxylic acids is 2. The van der Waals surface area contributed by atoms with E-state index in [2.05, 4.69) is 28.3 Å². The second kappa shape index (κ2) is 11.4. The summed E-state index contributed by atoms with van der Waals surface area (Å²) in [6, 6.07) is 14.1. The zero-order chi connectivity index (χ0) is 24.9. The molecule has 0 bridgehead atoms. The third-order valence-electron chi connectivity index (χ3n) is 6.99. The van der Waals surface area contributed by atoms with Crippen molar-refractivity contribution in [1.29, 1.82) is 0 Å². The first-order valence-corrected chi connectivity index (χ1v) is 14.5. The van der Waals surface area contributed by atoms with Crippen molar-refractivity contribution in [3.63, 3.8) is 0 Å². The van der Waals surface area contributed by atoms with E-state index >= 15 is 0 Å². The highest BCUT2D eigenvalue weighted by Gasteiger charge is 2.28. The number of rotatable bonds is 6. The molecule has 0 N–H and O–H groups in total. The first-order valence-electron chi connectivity index (χ1n) is 12.4. The van der Waals surface area contributed by atoms with Gasteiger partial charge in [0, 0.05) is 61.7 Å². The highest BCUT2D eigenvalue weighted by atomic mass is 32.2. The summed E-state index contributed by atoms with van der Waals surface area (Å²) in [5.41, 5.74) is 1.61. The number of piperazine rings is 1. The van der Waals surface area contributed by atoms with Crippen LogP contribution in [0.5, 0.6) is 0 Å². The summed E-state index contributed by atoms with van der Waals surface area (Å²) in [5, 5.41) is 2.92. The lowest BCUT2D eigenvalue weighted by Crippen LogP contribution is -2.49. The lowest BCUT2D eigenvalue weighted by atomic mass is 9.97. The van der Waals surface area contributed by atoms with Crippen molar-refractivity contribution in [2.24, 2.45) is 0 Å². The number of aromatic nitrogens is 2. The van der Waals surface area contributed by atoms with Gasteiger partial charge in [-0.1, -0.05) is 18.2 Å². The quantitative estimate of drug-likeness (QED) is 0.454. The smallest absolute Gasteiger partial charge is 0.273 e. The number of hydrogen-bond donors (Lipinski definition) is 0. The van der Waals surface area contributed by atoms with Gasteiger partial charge in [-0.05, 0) is 48.9 Å².